The van der Waals surface area contributed by atoms with Crippen LogP contribution < -0.4 is 5.32 Å². The molecule has 2 aromatic heterocycles. The molecule has 0 radical (unpaired) electrons. The number of rotatable bonds is 6. The van der Waals surface area contributed by atoms with Gasteiger partial charge >= 0.3 is 0 Å². The number of aromatic nitrogens is 3. The Morgan fingerprint density at radius 1 is 1.22 bits per heavy atom. The zero-order valence-corrected chi connectivity index (χ0v) is 13.5. The molecule has 0 atom stereocenters. The van der Waals surface area contributed by atoms with Crippen LogP contribution >= 0.6 is 11.3 Å². The van der Waals surface area contributed by atoms with Gasteiger partial charge in [-0.2, -0.15) is 0 Å². The number of thiazole rings is 1. The van der Waals surface area contributed by atoms with E-state index < -0.39 is 0 Å². The van der Waals surface area contributed by atoms with E-state index in [0.29, 0.717) is 36.2 Å². The summed E-state index contributed by atoms with van der Waals surface area (Å²) in [6.45, 7) is 2.39. The van der Waals surface area contributed by atoms with Gasteiger partial charge in [0.1, 0.15) is 0 Å². The molecule has 7 heteroatoms. The van der Waals surface area contributed by atoms with Crippen LogP contribution in [-0.2, 0) is 12.8 Å². The number of aryl methyl sites for hydroxylation is 1. The van der Waals surface area contributed by atoms with Crippen LogP contribution in [0.1, 0.15) is 28.5 Å². The van der Waals surface area contributed by atoms with Crippen molar-refractivity contribution < 1.29 is 9.21 Å². The molecule has 0 saturated carbocycles. The second-order valence-electron chi connectivity index (χ2n) is 4.84. The number of nitrogens with zero attached hydrogens (tertiary/aromatic N) is 3. The Balaban J connectivity index is 1.55. The van der Waals surface area contributed by atoms with Crippen molar-refractivity contribution in [1.82, 2.24) is 20.5 Å². The van der Waals surface area contributed by atoms with Gasteiger partial charge in [0, 0.05) is 25.6 Å². The van der Waals surface area contributed by atoms with E-state index >= 15 is 0 Å². The predicted octanol–water partition coefficient (Wildman–Crippen LogP) is 2.73. The topological polar surface area (TPSA) is 80.9 Å². The molecule has 0 aliphatic heterocycles. The van der Waals surface area contributed by atoms with Gasteiger partial charge in [-0.15, -0.1) is 21.5 Å². The zero-order chi connectivity index (χ0) is 16.1. The van der Waals surface area contributed by atoms with Gasteiger partial charge in [-0.25, -0.2) is 4.98 Å². The van der Waals surface area contributed by atoms with Crippen LogP contribution in [0.4, 0.5) is 0 Å². The fourth-order valence-corrected chi connectivity index (χ4v) is 2.84. The van der Waals surface area contributed by atoms with Crippen molar-refractivity contribution in [2.24, 2.45) is 0 Å². The molecular formula is C16H16N4O2S. The van der Waals surface area contributed by atoms with Crippen molar-refractivity contribution in [2.45, 2.75) is 19.8 Å². The minimum atomic E-state index is -0.188. The highest BCUT2D eigenvalue weighted by Gasteiger charge is 2.12. The number of amides is 1. The average Bonchev–Trinajstić information content (AvgIpc) is 3.25. The van der Waals surface area contributed by atoms with E-state index in [1.54, 1.807) is 6.20 Å². The van der Waals surface area contributed by atoms with E-state index in [2.05, 4.69) is 20.5 Å². The van der Waals surface area contributed by atoms with E-state index in [0.717, 1.165) is 10.4 Å². The van der Waals surface area contributed by atoms with Gasteiger partial charge in [0.25, 0.3) is 5.91 Å². The third-order valence-corrected chi connectivity index (χ3v) is 4.24. The fourth-order valence-electron chi connectivity index (χ4n) is 2.01. The SMILES string of the molecule is CCc1nnc(CCNC(=O)c2ncc(-c3ccccc3)s2)o1. The lowest BCUT2D eigenvalue weighted by molar-refractivity contribution is 0.0953. The molecule has 118 valence electrons. The van der Waals surface area contributed by atoms with Gasteiger partial charge in [-0.1, -0.05) is 37.3 Å². The van der Waals surface area contributed by atoms with Gasteiger partial charge < -0.3 is 9.73 Å². The highest BCUT2D eigenvalue weighted by Crippen LogP contribution is 2.25. The summed E-state index contributed by atoms with van der Waals surface area (Å²) in [6.07, 6.45) is 2.94. The number of carbonyl (C=O) groups is 1. The number of nitrogens with one attached hydrogen (secondary N) is 1. The van der Waals surface area contributed by atoms with E-state index in [1.807, 2.05) is 37.3 Å². The van der Waals surface area contributed by atoms with Crippen molar-refractivity contribution >= 4 is 17.2 Å². The molecule has 0 fully saturated rings. The van der Waals surface area contributed by atoms with E-state index in [-0.39, 0.29) is 5.91 Å². The molecule has 0 aliphatic rings. The summed E-state index contributed by atoms with van der Waals surface area (Å²) >= 11 is 1.37. The first kappa shape index (κ1) is 15.4. The fraction of sp³-hybridized carbons (Fsp3) is 0.250. The highest BCUT2D eigenvalue weighted by molar-refractivity contribution is 7.16. The molecule has 3 rings (SSSR count). The Morgan fingerprint density at radius 2 is 2.00 bits per heavy atom. The van der Waals surface area contributed by atoms with Gasteiger partial charge in [-0.05, 0) is 5.56 Å². The average molecular weight is 328 g/mol. The van der Waals surface area contributed by atoms with Crippen LogP contribution in [0.2, 0.25) is 0 Å². The smallest absolute Gasteiger partial charge is 0.280 e. The lowest BCUT2D eigenvalue weighted by Gasteiger charge is -2.00. The first-order chi connectivity index (χ1) is 11.3. The first-order valence-electron chi connectivity index (χ1n) is 7.37. The largest absolute Gasteiger partial charge is 0.425 e. The number of hydrogen-bond acceptors (Lipinski definition) is 6. The monoisotopic (exact) mass is 328 g/mol. The van der Waals surface area contributed by atoms with Gasteiger partial charge in [0.15, 0.2) is 5.01 Å². The summed E-state index contributed by atoms with van der Waals surface area (Å²) in [5.74, 6) is 0.956. The molecule has 23 heavy (non-hydrogen) atoms. The van der Waals surface area contributed by atoms with Crippen molar-refractivity contribution in [3.05, 3.63) is 53.3 Å². The maximum Gasteiger partial charge on any atom is 0.280 e. The van der Waals surface area contributed by atoms with Crippen LogP contribution in [0, 0.1) is 0 Å². The lowest BCUT2D eigenvalue weighted by atomic mass is 10.2. The number of benzene rings is 1. The Morgan fingerprint density at radius 3 is 2.74 bits per heavy atom. The van der Waals surface area contributed by atoms with Crippen molar-refractivity contribution in [3.8, 4) is 10.4 Å². The van der Waals surface area contributed by atoms with E-state index in [9.17, 15) is 4.79 Å². The Labute approximate surface area is 137 Å². The van der Waals surface area contributed by atoms with Crippen LogP contribution in [0.15, 0.2) is 40.9 Å². The summed E-state index contributed by atoms with van der Waals surface area (Å²) in [5, 5.41) is 11.1. The Bertz CT molecular complexity index is 782. The summed E-state index contributed by atoms with van der Waals surface area (Å²) in [6, 6.07) is 9.87. The maximum atomic E-state index is 12.1. The molecule has 0 aliphatic carbocycles. The number of hydrogen-bond donors (Lipinski definition) is 1. The van der Waals surface area contributed by atoms with Gasteiger partial charge in [-0.3, -0.25) is 4.79 Å². The lowest BCUT2D eigenvalue weighted by Crippen LogP contribution is -2.25. The Hall–Kier alpha value is -2.54. The van der Waals surface area contributed by atoms with Crippen LogP contribution in [0.25, 0.3) is 10.4 Å². The summed E-state index contributed by atoms with van der Waals surface area (Å²) in [5.41, 5.74) is 1.06. The van der Waals surface area contributed by atoms with Crippen molar-refractivity contribution in [2.75, 3.05) is 6.54 Å². The molecule has 6 nitrogen and oxygen atoms in total. The minimum Gasteiger partial charge on any atom is -0.425 e. The number of carbonyl (C=O) groups excluding carboxylic acids is 1. The van der Waals surface area contributed by atoms with Crippen LogP contribution in [-0.4, -0.2) is 27.6 Å². The maximum absolute atomic E-state index is 12.1. The summed E-state index contributed by atoms with van der Waals surface area (Å²) in [7, 11) is 0. The standard InChI is InChI=1S/C16H16N4O2S/c1-2-13-19-20-14(22-13)8-9-17-15(21)16-18-10-12(23-16)11-6-4-3-5-7-11/h3-7,10H,2,8-9H2,1H3,(H,17,21). The summed E-state index contributed by atoms with van der Waals surface area (Å²) in [4.78, 5) is 17.3. The molecule has 3 aromatic rings. The van der Waals surface area contributed by atoms with Crippen molar-refractivity contribution in [3.63, 3.8) is 0 Å². The van der Waals surface area contributed by atoms with E-state index in [1.165, 1.54) is 11.3 Å². The van der Waals surface area contributed by atoms with Gasteiger partial charge in [0.2, 0.25) is 11.8 Å². The van der Waals surface area contributed by atoms with E-state index in [4.69, 9.17) is 4.42 Å². The van der Waals surface area contributed by atoms with Crippen LogP contribution in [0.5, 0.6) is 0 Å². The molecule has 0 spiro atoms. The first-order valence-corrected chi connectivity index (χ1v) is 8.18. The normalized spacial score (nSPS) is 10.7. The second-order valence-corrected chi connectivity index (χ2v) is 5.88. The third kappa shape index (κ3) is 3.81. The highest BCUT2D eigenvalue weighted by atomic mass is 32.1. The Kier molecular flexibility index (Phi) is 4.77. The molecule has 1 aromatic carbocycles. The van der Waals surface area contributed by atoms with Crippen molar-refractivity contribution in [1.29, 1.82) is 0 Å². The quantitative estimate of drug-likeness (QED) is 0.752. The third-order valence-electron chi connectivity index (χ3n) is 3.19. The van der Waals surface area contributed by atoms with Crippen LogP contribution in [0.3, 0.4) is 0 Å². The second kappa shape index (κ2) is 7.15. The molecule has 0 unspecified atom stereocenters. The summed E-state index contributed by atoms with van der Waals surface area (Å²) < 4.78 is 5.40. The molecule has 1 amide bonds. The minimum absolute atomic E-state index is 0.188. The predicted molar refractivity (Wildman–Crippen MR) is 87.3 cm³/mol. The van der Waals surface area contributed by atoms with Gasteiger partial charge in [0.05, 0.1) is 4.88 Å². The molecule has 0 bridgehead atoms. The zero-order valence-electron chi connectivity index (χ0n) is 12.7. The molecule has 1 N–H and O–H groups in total. The molecule has 2 heterocycles. The molecule has 0 saturated heterocycles. The molecular weight excluding hydrogens is 312 g/mol.